The molecule has 0 spiro atoms. The quantitative estimate of drug-likeness (QED) is 0.662. The van der Waals surface area contributed by atoms with Gasteiger partial charge in [0.15, 0.2) is 11.6 Å². The maximum Gasteiger partial charge on any atom is 0.188 e. The number of aromatic amines is 1. The number of anilines is 1. The lowest BCUT2D eigenvalue weighted by Crippen LogP contribution is -1.91. The minimum atomic E-state index is 0.467. The summed E-state index contributed by atoms with van der Waals surface area (Å²) in [6.45, 7) is 0. The van der Waals surface area contributed by atoms with E-state index in [1.165, 1.54) is 12.8 Å². The Hall–Kier alpha value is -1.19. The van der Waals surface area contributed by atoms with E-state index in [9.17, 15) is 0 Å². The number of rotatable bonds is 2. The molecule has 0 aliphatic heterocycles. The number of methoxy groups -OCH3 is 1. The molecule has 4 nitrogen and oxygen atoms in total. The first-order valence-electron chi connectivity index (χ1n) is 3.70. The van der Waals surface area contributed by atoms with E-state index in [4.69, 9.17) is 10.5 Å². The van der Waals surface area contributed by atoms with Crippen LogP contribution in [-0.4, -0.2) is 17.3 Å². The van der Waals surface area contributed by atoms with Crippen molar-refractivity contribution in [3.8, 4) is 5.75 Å². The van der Waals surface area contributed by atoms with Gasteiger partial charge in [0.25, 0.3) is 0 Å². The molecule has 1 aromatic heterocycles. The van der Waals surface area contributed by atoms with Crippen LogP contribution in [0, 0.1) is 0 Å². The molecule has 11 heavy (non-hydrogen) atoms. The van der Waals surface area contributed by atoms with Gasteiger partial charge in [-0.2, -0.15) is 5.10 Å². The van der Waals surface area contributed by atoms with Crippen LogP contribution in [0.1, 0.15) is 24.5 Å². The Morgan fingerprint density at radius 3 is 2.91 bits per heavy atom. The maximum absolute atomic E-state index is 5.55. The first-order chi connectivity index (χ1) is 5.33. The molecular formula is C7H11N3O. The average molecular weight is 153 g/mol. The van der Waals surface area contributed by atoms with Crippen molar-refractivity contribution in [2.75, 3.05) is 12.8 Å². The zero-order valence-electron chi connectivity index (χ0n) is 6.42. The van der Waals surface area contributed by atoms with Crippen LogP contribution in [0.5, 0.6) is 5.75 Å². The molecule has 3 N–H and O–H groups in total. The van der Waals surface area contributed by atoms with Crippen LogP contribution < -0.4 is 10.5 Å². The predicted molar refractivity (Wildman–Crippen MR) is 41.5 cm³/mol. The van der Waals surface area contributed by atoms with Crippen molar-refractivity contribution in [2.24, 2.45) is 0 Å². The molecule has 60 valence electrons. The van der Waals surface area contributed by atoms with E-state index in [0.29, 0.717) is 11.7 Å². The number of nitrogens with zero attached hydrogens (tertiary/aromatic N) is 1. The number of nitrogens with two attached hydrogens (primary N) is 1. The summed E-state index contributed by atoms with van der Waals surface area (Å²) in [5, 5.41) is 6.76. The molecule has 0 saturated heterocycles. The first-order valence-corrected chi connectivity index (χ1v) is 3.70. The molecule has 0 amide bonds. The summed E-state index contributed by atoms with van der Waals surface area (Å²) < 4.78 is 5.10. The highest BCUT2D eigenvalue weighted by atomic mass is 16.5. The lowest BCUT2D eigenvalue weighted by atomic mass is 10.3. The van der Waals surface area contributed by atoms with Crippen LogP contribution >= 0.6 is 0 Å². The molecule has 0 radical (unpaired) electrons. The van der Waals surface area contributed by atoms with Gasteiger partial charge < -0.3 is 10.5 Å². The van der Waals surface area contributed by atoms with Crippen molar-refractivity contribution in [1.82, 2.24) is 10.2 Å². The van der Waals surface area contributed by atoms with Crippen LogP contribution in [-0.2, 0) is 0 Å². The van der Waals surface area contributed by atoms with E-state index >= 15 is 0 Å². The van der Waals surface area contributed by atoms with E-state index in [2.05, 4.69) is 10.2 Å². The SMILES string of the molecule is COc1c(N)n[nH]c1C1CC1. The number of hydrogen-bond donors (Lipinski definition) is 2. The molecule has 1 fully saturated rings. The summed E-state index contributed by atoms with van der Waals surface area (Å²) >= 11 is 0. The van der Waals surface area contributed by atoms with Crippen LogP contribution in [0.15, 0.2) is 0 Å². The number of nitrogen functional groups attached to an aromatic ring is 1. The van der Waals surface area contributed by atoms with Crippen molar-refractivity contribution in [2.45, 2.75) is 18.8 Å². The van der Waals surface area contributed by atoms with Crippen molar-refractivity contribution in [1.29, 1.82) is 0 Å². The van der Waals surface area contributed by atoms with E-state index in [0.717, 1.165) is 11.4 Å². The van der Waals surface area contributed by atoms with Crippen molar-refractivity contribution < 1.29 is 4.74 Å². The Kier molecular flexibility index (Phi) is 1.27. The van der Waals surface area contributed by atoms with Gasteiger partial charge in [-0.15, -0.1) is 0 Å². The van der Waals surface area contributed by atoms with E-state index < -0.39 is 0 Å². The monoisotopic (exact) mass is 153 g/mol. The third kappa shape index (κ3) is 0.943. The Labute approximate surface area is 64.7 Å². The Morgan fingerprint density at radius 1 is 1.64 bits per heavy atom. The average Bonchev–Trinajstić information content (AvgIpc) is 2.76. The summed E-state index contributed by atoms with van der Waals surface area (Å²) in [4.78, 5) is 0. The molecule has 2 rings (SSSR count). The molecule has 1 heterocycles. The fourth-order valence-electron chi connectivity index (χ4n) is 1.22. The van der Waals surface area contributed by atoms with Crippen LogP contribution in [0.3, 0.4) is 0 Å². The van der Waals surface area contributed by atoms with E-state index in [-0.39, 0.29) is 0 Å². The third-order valence-corrected chi connectivity index (χ3v) is 1.96. The van der Waals surface area contributed by atoms with Crippen LogP contribution in [0.2, 0.25) is 0 Å². The minimum Gasteiger partial charge on any atom is -0.491 e. The zero-order chi connectivity index (χ0) is 7.84. The highest BCUT2D eigenvalue weighted by Gasteiger charge is 2.29. The Balaban J connectivity index is 2.36. The van der Waals surface area contributed by atoms with Crippen LogP contribution in [0.4, 0.5) is 5.82 Å². The number of H-pyrrole nitrogens is 1. The molecule has 1 aliphatic carbocycles. The fraction of sp³-hybridized carbons (Fsp3) is 0.571. The highest BCUT2D eigenvalue weighted by molar-refractivity contribution is 5.50. The molecule has 1 aliphatic rings. The second-order valence-electron chi connectivity index (χ2n) is 2.83. The first kappa shape index (κ1) is 6.52. The van der Waals surface area contributed by atoms with Gasteiger partial charge in [-0.05, 0) is 12.8 Å². The van der Waals surface area contributed by atoms with Gasteiger partial charge >= 0.3 is 0 Å². The van der Waals surface area contributed by atoms with Gasteiger partial charge in [-0.3, -0.25) is 5.10 Å². The Morgan fingerprint density at radius 2 is 2.36 bits per heavy atom. The summed E-state index contributed by atoms with van der Waals surface area (Å²) in [6.07, 6.45) is 2.44. The molecule has 4 heteroatoms. The number of nitrogens with one attached hydrogen (secondary N) is 1. The lowest BCUT2D eigenvalue weighted by molar-refractivity contribution is 0.412. The van der Waals surface area contributed by atoms with Gasteiger partial charge in [0.05, 0.1) is 12.8 Å². The maximum atomic E-state index is 5.55. The van der Waals surface area contributed by atoms with Gasteiger partial charge in [0.2, 0.25) is 0 Å². The van der Waals surface area contributed by atoms with Gasteiger partial charge in [0.1, 0.15) is 0 Å². The molecule has 0 atom stereocenters. The molecule has 1 aromatic rings. The number of hydrogen-bond acceptors (Lipinski definition) is 3. The molecule has 0 aromatic carbocycles. The Bertz CT molecular complexity index is 265. The van der Waals surface area contributed by atoms with Gasteiger partial charge in [0, 0.05) is 5.92 Å². The molecule has 1 saturated carbocycles. The zero-order valence-corrected chi connectivity index (χ0v) is 6.42. The summed E-state index contributed by atoms with van der Waals surface area (Å²) in [5.74, 6) is 1.80. The largest absolute Gasteiger partial charge is 0.491 e. The molecule has 0 unspecified atom stereocenters. The fourth-order valence-corrected chi connectivity index (χ4v) is 1.22. The van der Waals surface area contributed by atoms with Crippen molar-refractivity contribution in [3.05, 3.63) is 5.69 Å². The van der Waals surface area contributed by atoms with E-state index in [1.807, 2.05) is 0 Å². The molecule has 0 bridgehead atoms. The second kappa shape index (κ2) is 2.15. The predicted octanol–water partition coefficient (Wildman–Crippen LogP) is 0.878. The van der Waals surface area contributed by atoms with Crippen molar-refractivity contribution >= 4 is 5.82 Å². The van der Waals surface area contributed by atoms with E-state index in [1.54, 1.807) is 7.11 Å². The second-order valence-corrected chi connectivity index (χ2v) is 2.83. The van der Waals surface area contributed by atoms with Gasteiger partial charge in [-0.25, -0.2) is 0 Å². The van der Waals surface area contributed by atoms with Crippen LogP contribution in [0.25, 0.3) is 0 Å². The van der Waals surface area contributed by atoms with Gasteiger partial charge in [-0.1, -0.05) is 0 Å². The summed E-state index contributed by atoms with van der Waals surface area (Å²) in [5.41, 5.74) is 6.61. The highest BCUT2D eigenvalue weighted by Crippen LogP contribution is 2.44. The lowest BCUT2D eigenvalue weighted by Gasteiger charge is -1.98. The third-order valence-electron chi connectivity index (χ3n) is 1.96. The topological polar surface area (TPSA) is 63.9 Å². The number of aromatic nitrogens is 2. The standard InChI is InChI=1S/C7H11N3O/c1-11-6-5(4-2-3-4)9-10-7(6)8/h4H,2-3H2,1H3,(H3,8,9,10). The normalized spacial score (nSPS) is 16.8. The summed E-state index contributed by atoms with van der Waals surface area (Å²) in [7, 11) is 1.62. The van der Waals surface area contributed by atoms with Crippen molar-refractivity contribution in [3.63, 3.8) is 0 Å². The molecular weight excluding hydrogens is 142 g/mol. The smallest absolute Gasteiger partial charge is 0.188 e. The summed E-state index contributed by atoms with van der Waals surface area (Å²) in [6, 6.07) is 0. The minimum absolute atomic E-state index is 0.467. The number of ether oxygens (including phenoxy) is 1.